The quantitative estimate of drug-likeness (QED) is 0.789. The van der Waals surface area contributed by atoms with Crippen molar-refractivity contribution in [2.24, 2.45) is 0 Å². The van der Waals surface area contributed by atoms with E-state index in [9.17, 15) is 0 Å². The molecule has 1 atom stereocenters. The van der Waals surface area contributed by atoms with Crippen molar-refractivity contribution in [2.75, 3.05) is 26.2 Å². The lowest BCUT2D eigenvalue weighted by Crippen LogP contribution is -2.43. The molecule has 2 rings (SSSR count). The number of benzene rings is 1. The molecular formula is C17H26N2. The number of hydrogen-bond acceptors (Lipinski definition) is 2. The van der Waals surface area contributed by atoms with Crippen LogP contribution in [-0.4, -0.2) is 37.1 Å². The van der Waals surface area contributed by atoms with Crippen molar-refractivity contribution in [2.45, 2.75) is 32.2 Å². The van der Waals surface area contributed by atoms with Gasteiger partial charge in [-0.05, 0) is 38.4 Å². The predicted molar refractivity (Wildman–Crippen MR) is 83.2 cm³/mol. The predicted octanol–water partition coefficient (Wildman–Crippen LogP) is 3.16. The van der Waals surface area contributed by atoms with Crippen molar-refractivity contribution in [1.82, 2.24) is 10.2 Å². The van der Waals surface area contributed by atoms with Crippen molar-refractivity contribution in [3.63, 3.8) is 0 Å². The van der Waals surface area contributed by atoms with Gasteiger partial charge in [-0.3, -0.25) is 4.90 Å². The molecule has 0 aromatic heterocycles. The Hall–Kier alpha value is -1.12. The Morgan fingerprint density at radius 2 is 1.89 bits per heavy atom. The molecule has 19 heavy (non-hydrogen) atoms. The summed E-state index contributed by atoms with van der Waals surface area (Å²) in [5.74, 6) is 0. The molecule has 0 saturated carbocycles. The molecule has 1 saturated heterocycles. The summed E-state index contributed by atoms with van der Waals surface area (Å²) < 4.78 is 0. The van der Waals surface area contributed by atoms with Gasteiger partial charge in [-0.2, -0.15) is 0 Å². The van der Waals surface area contributed by atoms with E-state index < -0.39 is 0 Å². The van der Waals surface area contributed by atoms with Crippen LogP contribution in [0.25, 0.3) is 6.08 Å². The Morgan fingerprint density at radius 3 is 2.63 bits per heavy atom. The fourth-order valence-corrected chi connectivity index (χ4v) is 2.62. The first-order valence-electron chi connectivity index (χ1n) is 7.52. The summed E-state index contributed by atoms with van der Waals surface area (Å²) >= 11 is 0. The van der Waals surface area contributed by atoms with Crippen LogP contribution in [0.15, 0.2) is 36.4 Å². The minimum absolute atomic E-state index is 0.658. The van der Waals surface area contributed by atoms with Gasteiger partial charge in [0.05, 0.1) is 0 Å². The van der Waals surface area contributed by atoms with E-state index in [1.54, 1.807) is 0 Å². The van der Waals surface area contributed by atoms with Crippen LogP contribution in [0.5, 0.6) is 0 Å². The molecule has 2 nitrogen and oxygen atoms in total. The summed E-state index contributed by atoms with van der Waals surface area (Å²) in [7, 11) is 0. The maximum atomic E-state index is 3.52. The molecule has 0 amide bonds. The van der Waals surface area contributed by atoms with Gasteiger partial charge in [-0.15, -0.1) is 0 Å². The lowest BCUT2D eigenvalue weighted by Gasteiger charge is -2.32. The monoisotopic (exact) mass is 258 g/mol. The summed E-state index contributed by atoms with van der Waals surface area (Å²) in [5, 5.41) is 3.52. The number of hydrogen-bond donors (Lipinski definition) is 1. The molecule has 1 fully saturated rings. The van der Waals surface area contributed by atoms with Gasteiger partial charge < -0.3 is 5.32 Å². The van der Waals surface area contributed by atoms with Gasteiger partial charge in [0, 0.05) is 19.1 Å². The zero-order valence-corrected chi connectivity index (χ0v) is 12.0. The summed E-state index contributed by atoms with van der Waals surface area (Å²) in [6.07, 6.45) is 8.55. The average Bonchev–Trinajstić information content (AvgIpc) is 2.49. The van der Waals surface area contributed by atoms with Gasteiger partial charge in [0.2, 0.25) is 0 Å². The fourth-order valence-electron chi connectivity index (χ4n) is 2.62. The third-order valence-electron chi connectivity index (χ3n) is 3.83. The molecule has 0 radical (unpaired) electrons. The fraction of sp³-hybridized carbons (Fsp3) is 0.529. The van der Waals surface area contributed by atoms with Crippen LogP contribution in [0.4, 0.5) is 0 Å². The Bertz CT molecular complexity index is 366. The van der Waals surface area contributed by atoms with Crippen molar-refractivity contribution >= 4 is 6.08 Å². The third-order valence-corrected chi connectivity index (χ3v) is 3.83. The first-order valence-corrected chi connectivity index (χ1v) is 7.52. The van der Waals surface area contributed by atoms with Crippen LogP contribution in [0.3, 0.4) is 0 Å². The summed E-state index contributed by atoms with van der Waals surface area (Å²) in [5.41, 5.74) is 1.27. The second-order valence-electron chi connectivity index (χ2n) is 5.42. The smallest absolute Gasteiger partial charge is 0.0192 e. The highest BCUT2D eigenvalue weighted by molar-refractivity contribution is 5.48. The van der Waals surface area contributed by atoms with E-state index in [0.717, 1.165) is 13.1 Å². The molecule has 0 bridgehead atoms. The minimum atomic E-state index is 0.658. The van der Waals surface area contributed by atoms with E-state index in [1.165, 1.54) is 37.9 Å². The first-order chi connectivity index (χ1) is 9.36. The Kier molecular flexibility index (Phi) is 6.12. The zero-order chi connectivity index (χ0) is 13.3. The zero-order valence-electron chi connectivity index (χ0n) is 12.0. The molecule has 2 heteroatoms. The van der Waals surface area contributed by atoms with Crippen LogP contribution in [0.2, 0.25) is 0 Å². The summed E-state index contributed by atoms with van der Waals surface area (Å²) in [6, 6.07) is 11.1. The molecule has 1 aromatic carbocycles. The van der Waals surface area contributed by atoms with E-state index in [0.29, 0.717) is 6.04 Å². The Balaban J connectivity index is 1.62. The Morgan fingerprint density at radius 1 is 1.16 bits per heavy atom. The van der Waals surface area contributed by atoms with Crippen LogP contribution >= 0.6 is 0 Å². The lowest BCUT2D eigenvalue weighted by atomic mass is 10.1. The van der Waals surface area contributed by atoms with Gasteiger partial charge in [-0.1, -0.05) is 48.9 Å². The maximum absolute atomic E-state index is 3.52. The molecule has 0 spiro atoms. The highest BCUT2D eigenvalue weighted by Crippen LogP contribution is 2.11. The molecule has 1 aliphatic heterocycles. The summed E-state index contributed by atoms with van der Waals surface area (Å²) in [4.78, 5) is 2.61. The molecule has 1 aliphatic rings. The van der Waals surface area contributed by atoms with Gasteiger partial charge in [0.1, 0.15) is 0 Å². The minimum Gasteiger partial charge on any atom is -0.312 e. The van der Waals surface area contributed by atoms with Crippen molar-refractivity contribution in [3.05, 3.63) is 42.0 Å². The standard InChI is InChI=1S/C17H26N2/c1-16(19-13-6-3-7-14-19)15-18-12-8-11-17-9-4-2-5-10-17/h2,4-5,8-11,16,18H,3,6-7,12-15H2,1H3. The van der Waals surface area contributed by atoms with Gasteiger partial charge in [0.15, 0.2) is 0 Å². The Labute approximate surface area is 117 Å². The number of likely N-dealkylation sites (tertiary alicyclic amines) is 1. The number of rotatable bonds is 6. The third kappa shape index (κ3) is 5.17. The normalized spacial score (nSPS) is 18.8. The van der Waals surface area contributed by atoms with E-state index in [4.69, 9.17) is 0 Å². The topological polar surface area (TPSA) is 15.3 Å². The van der Waals surface area contributed by atoms with E-state index in [2.05, 4.69) is 59.6 Å². The molecule has 1 aromatic rings. The average molecular weight is 258 g/mol. The van der Waals surface area contributed by atoms with Crippen molar-refractivity contribution in [3.8, 4) is 0 Å². The SMILES string of the molecule is CC(CNCC=Cc1ccccc1)N1CCCCC1. The van der Waals surface area contributed by atoms with Crippen LogP contribution < -0.4 is 5.32 Å². The van der Waals surface area contributed by atoms with E-state index in [-0.39, 0.29) is 0 Å². The van der Waals surface area contributed by atoms with Crippen molar-refractivity contribution in [1.29, 1.82) is 0 Å². The van der Waals surface area contributed by atoms with Crippen LogP contribution in [0.1, 0.15) is 31.7 Å². The largest absolute Gasteiger partial charge is 0.312 e. The second-order valence-corrected chi connectivity index (χ2v) is 5.42. The second kappa shape index (κ2) is 8.13. The number of nitrogens with one attached hydrogen (secondary N) is 1. The van der Waals surface area contributed by atoms with E-state index in [1.807, 2.05) is 0 Å². The van der Waals surface area contributed by atoms with Crippen molar-refractivity contribution < 1.29 is 0 Å². The van der Waals surface area contributed by atoms with Crippen LogP contribution in [-0.2, 0) is 0 Å². The highest BCUT2D eigenvalue weighted by atomic mass is 15.2. The van der Waals surface area contributed by atoms with Gasteiger partial charge >= 0.3 is 0 Å². The molecule has 1 unspecified atom stereocenters. The molecule has 0 aliphatic carbocycles. The number of piperidine rings is 1. The molecule has 104 valence electrons. The molecule has 1 heterocycles. The van der Waals surface area contributed by atoms with E-state index >= 15 is 0 Å². The molecule has 1 N–H and O–H groups in total. The maximum Gasteiger partial charge on any atom is 0.0192 e. The number of nitrogens with zero attached hydrogens (tertiary/aromatic N) is 1. The first kappa shape index (κ1) is 14.3. The van der Waals surface area contributed by atoms with Gasteiger partial charge in [0.25, 0.3) is 0 Å². The van der Waals surface area contributed by atoms with Gasteiger partial charge in [-0.25, -0.2) is 0 Å². The van der Waals surface area contributed by atoms with Crippen LogP contribution in [0, 0.1) is 0 Å². The molecular weight excluding hydrogens is 232 g/mol. The lowest BCUT2D eigenvalue weighted by molar-refractivity contribution is 0.172. The summed E-state index contributed by atoms with van der Waals surface area (Å²) in [6.45, 7) is 6.93. The highest BCUT2D eigenvalue weighted by Gasteiger charge is 2.15.